The standard InChI is InChI=1S/C18H22FN3O4S/c1-3-11(2)26-15(23)10-14-17(25)20-8-9-22(14)18(27)21-16(24)12-6-4-5-7-13(12)19/h4-7,11,14H,3,8-10H2,1-2H3,(H,20,25)(H,21,24,27). The highest BCUT2D eigenvalue weighted by atomic mass is 32.1. The molecule has 0 aromatic heterocycles. The highest BCUT2D eigenvalue weighted by Crippen LogP contribution is 2.13. The fraction of sp³-hybridized carbons (Fsp3) is 0.444. The Kier molecular flexibility index (Phi) is 7.23. The van der Waals surface area contributed by atoms with Crippen molar-refractivity contribution >= 4 is 35.1 Å². The number of carbonyl (C=O) groups is 3. The van der Waals surface area contributed by atoms with Gasteiger partial charge in [0.25, 0.3) is 5.91 Å². The summed E-state index contributed by atoms with van der Waals surface area (Å²) in [6.07, 6.45) is 0.195. The second kappa shape index (κ2) is 9.40. The third-order valence-electron chi connectivity index (χ3n) is 4.20. The molecule has 2 atom stereocenters. The number of nitrogens with zero attached hydrogens (tertiary/aromatic N) is 1. The Labute approximate surface area is 162 Å². The maximum absolute atomic E-state index is 13.8. The van der Waals surface area contributed by atoms with Crippen molar-refractivity contribution in [2.75, 3.05) is 13.1 Å². The molecule has 0 spiro atoms. The van der Waals surface area contributed by atoms with Crippen LogP contribution in [0.2, 0.25) is 0 Å². The first-order valence-corrected chi connectivity index (χ1v) is 9.08. The molecular formula is C18H22FN3O4S. The second-order valence-electron chi connectivity index (χ2n) is 6.15. The third-order valence-corrected chi connectivity index (χ3v) is 4.53. The Hall–Kier alpha value is -2.55. The van der Waals surface area contributed by atoms with Crippen LogP contribution in [0, 0.1) is 5.82 Å². The number of rotatable bonds is 5. The molecule has 1 saturated heterocycles. The number of thiocarbonyl (C=S) groups is 1. The Morgan fingerprint density at radius 1 is 1.44 bits per heavy atom. The fourth-order valence-electron chi connectivity index (χ4n) is 2.56. The van der Waals surface area contributed by atoms with E-state index in [1.54, 1.807) is 6.92 Å². The van der Waals surface area contributed by atoms with Gasteiger partial charge in [-0.25, -0.2) is 4.39 Å². The molecule has 0 radical (unpaired) electrons. The molecule has 1 aromatic carbocycles. The van der Waals surface area contributed by atoms with E-state index in [1.807, 2.05) is 6.92 Å². The molecule has 2 rings (SSSR count). The quantitative estimate of drug-likeness (QED) is 0.578. The average Bonchev–Trinajstić information content (AvgIpc) is 2.63. The lowest BCUT2D eigenvalue weighted by molar-refractivity contribution is -0.151. The summed E-state index contributed by atoms with van der Waals surface area (Å²) in [6, 6.07) is 4.60. The van der Waals surface area contributed by atoms with Crippen molar-refractivity contribution in [2.45, 2.75) is 38.8 Å². The van der Waals surface area contributed by atoms with Gasteiger partial charge in [-0.2, -0.15) is 0 Å². The number of hydrogen-bond acceptors (Lipinski definition) is 5. The van der Waals surface area contributed by atoms with Crippen LogP contribution in [0.1, 0.15) is 37.0 Å². The normalized spacial score (nSPS) is 17.7. The van der Waals surface area contributed by atoms with Crippen LogP contribution in [-0.2, 0) is 14.3 Å². The zero-order valence-electron chi connectivity index (χ0n) is 15.2. The van der Waals surface area contributed by atoms with Crippen LogP contribution in [0.25, 0.3) is 0 Å². The summed E-state index contributed by atoms with van der Waals surface area (Å²) in [5.74, 6) is -2.31. The van der Waals surface area contributed by atoms with E-state index in [4.69, 9.17) is 17.0 Å². The Bertz CT molecular complexity index is 743. The zero-order valence-corrected chi connectivity index (χ0v) is 16.0. The highest BCUT2D eigenvalue weighted by Gasteiger charge is 2.34. The number of halogens is 1. The maximum atomic E-state index is 13.8. The molecule has 0 aliphatic carbocycles. The molecule has 1 aromatic rings. The smallest absolute Gasteiger partial charge is 0.308 e. The number of benzene rings is 1. The van der Waals surface area contributed by atoms with Crippen LogP contribution in [0.3, 0.4) is 0 Å². The summed E-state index contributed by atoms with van der Waals surface area (Å²) in [5, 5.41) is 5.05. The molecule has 146 valence electrons. The van der Waals surface area contributed by atoms with Crippen molar-refractivity contribution in [3.8, 4) is 0 Å². The summed E-state index contributed by atoms with van der Waals surface area (Å²) in [6.45, 7) is 4.26. The first-order chi connectivity index (χ1) is 12.8. The summed E-state index contributed by atoms with van der Waals surface area (Å²) in [5.41, 5.74) is -0.158. The minimum Gasteiger partial charge on any atom is -0.463 e. The predicted molar refractivity (Wildman–Crippen MR) is 100 cm³/mol. The SMILES string of the molecule is CCC(C)OC(=O)CC1C(=O)NCCN1C(=S)NC(=O)c1ccccc1F. The topological polar surface area (TPSA) is 87.7 Å². The fourth-order valence-corrected chi connectivity index (χ4v) is 2.87. The number of piperazine rings is 1. The first-order valence-electron chi connectivity index (χ1n) is 8.67. The van der Waals surface area contributed by atoms with Crippen LogP contribution >= 0.6 is 12.2 Å². The molecule has 0 bridgehead atoms. The van der Waals surface area contributed by atoms with Gasteiger partial charge in [-0.15, -0.1) is 0 Å². The molecule has 1 fully saturated rings. The molecule has 9 heteroatoms. The van der Waals surface area contributed by atoms with E-state index in [2.05, 4.69) is 10.6 Å². The van der Waals surface area contributed by atoms with Gasteiger partial charge in [0.15, 0.2) is 5.11 Å². The molecule has 1 aliphatic heterocycles. The van der Waals surface area contributed by atoms with E-state index < -0.39 is 23.7 Å². The van der Waals surface area contributed by atoms with Gasteiger partial charge in [0.05, 0.1) is 18.1 Å². The molecular weight excluding hydrogens is 373 g/mol. The van der Waals surface area contributed by atoms with E-state index >= 15 is 0 Å². The molecule has 1 aliphatic rings. The Morgan fingerprint density at radius 2 is 2.15 bits per heavy atom. The van der Waals surface area contributed by atoms with Gasteiger partial charge in [-0.05, 0) is 37.7 Å². The van der Waals surface area contributed by atoms with Crippen molar-refractivity contribution < 1.29 is 23.5 Å². The van der Waals surface area contributed by atoms with Crippen LogP contribution in [0.5, 0.6) is 0 Å². The van der Waals surface area contributed by atoms with Crippen LogP contribution in [-0.4, -0.2) is 53.0 Å². The Morgan fingerprint density at radius 3 is 2.81 bits per heavy atom. The van der Waals surface area contributed by atoms with E-state index in [0.717, 1.165) is 0 Å². The Balaban J connectivity index is 2.07. The molecule has 7 nitrogen and oxygen atoms in total. The molecule has 1 heterocycles. The lowest BCUT2D eigenvalue weighted by Crippen LogP contribution is -2.60. The van der Waals surface area contributed by atoms with Gasteiger partial charge in [0.1, 0.15) is 11.9 Å². The minimum atomic E-state index is -0.899. The minimum absolute atomic E-state index is 0.0422. The van der Waals surface area contributed by atoms with Gasteiger partial charge in [-0.1, -0.05) is 19.1 Å². The van der Waals surface area contributed by atoms with Crippen molar-refractivity contribution in [1.82, 2.24) is 15.5 Å². The van der Waals surface area contributed by atoms with Crippen LogP contribution in [0.15, 0.2) is 24.3 Å². The average molecular weight is 395 g/mol. The maximum Gasteiger partial charge on any atom is 0.308 e. The van der Waals surface area contributed by atoms with Crippen molar-refractivity contribution in [1.29, 1.82) is 0 Å². The second-order valence-corrected chi connectivity index (χ2v) is 6.54. The largest absolute Gasteiger partial charge is 0.463 e. The van der Waals surface area contributed by atoms with Gasteiger partial charge >= 0.3 is 5.97 Å². The van der Waals surface area contributed by atoms with Crippen LogP contribution in [0.4, 0.5) is 4.39 Å². The zero-order chi connectivity index (χ0) is 20.0. The number of nitrogens with one attached hydrogen (secondary N) is 2. The number of amides is 2. The monoisotopic (exact) mass is 395 g/mol. The number of hydrogen-bond donors (Lipinski definition) is 2. The summed E-state index contributed by atoms with van der Waals surface area (Å²) < 4.78 is 19.0. The number of esters is 1. The third kappa shape index (κ3) is 5.46. The molecule has 2 unspecified atom stereocenters. The predicted octanol–water partition coefficient (Wildman–Crippen LogP) is 1.37. The molecule has 2 N–H and O–H groups in total. The van der Waals surface area contributed by atoms with E-state index in [1.165, 1.54) is 29.2 Å². The van der Waals surface area contributed by atoms with Gasteiger partial charge < -0.3 is 15.0 Å². The molecule has 27 heavy (non-hydrogen) atoms. The summed E-state index contributed by atoms with van der Waals surface area (Å²) in [7, 11) is 0. The van der Waals surface area contributed by atoms with Gasteiger partial charge in [0.2, 0.25) is 5.91 Å². The number of ether oxygens (including phenoxy) is 1. The van der Waals surface area contributed by atoms with Crippen LogP contribution < -0.4 is 10.6 Å². The van der Waals surface area contributed by atoms with Crippen molar-refractivity contribution in [3.63, 3.8) is 0 Å². The van der Waals surface area contributed by atoms with Gasteiger partial charge in [0, 0.05) is 13.1 Å². The summed E-state index contributed by atoms with van der Waals surface area (Å²) in [4.78, 5) is 38.0. The summed E-state index contributed by atoms with van der Waals surface area (Å²) >= 11 is 5.23. The van der Waals surface area contributed by atoms with E-state index in [-0.39, 0.29) is 29.1 Å². The lowest BCUT2D eigenvalue weighted by Gasteiger charge is -2.36. The van der Waals surface area contributed by atoms with Crippen molar-refractivity contribution in [3.05, 3.63) is 35.6 Å². The van der Waals surface area contributed by atoms with Crippen molar-refractivity contribution in [2.24, 2.45) is 0 Å². The van der Waals surface area contributed by atoms with E-state index in [9.17, 15) is 18.8 Å². The molecule has 2 amide bonds. The van der Waals surface area contributed by atoms with E-state index in [0.29, 0.717) is 19.5 Å². The lowest BCUT2D eigenvalue weighted by atomic mass is 10.1. The highest BCUT2D eigenvalue weighted by molar-refractivity contribution is 7.80. The first kappa shape index (κ1) is 20.8. The molecule has 0 saturated carbocycles. The van der Waals surface area contributed by atoms with Gasteiger partial charge in [-0.3, -0.25) is 19.7 Å². The number of carbonyl (C=O) groups excluding carboxylic acids is 3.